The molecule has 2 heterocycles. The summed E-state index contributed by atoms with van der Waals surface area (Å²) in [5.74, 6) is 0.748. The van der Waals surface area contributed by atoms with Crippen LogP contribution in [0.5, 0.6) is 0 Å². The third-order valence-corrected chi connectivity index (χ3v) is 2.04. The lowest BCUT2D eigenvalue weighted by atomic mass is 10.3. The number of aliphatic hydroxyl groups excluding tert-OH is 1. The number of rotatable bonds is 3. The summed E-state index contributed by atoms with van der Waals surface area (Å²) >= 11 is 0. The molecular weight excluding hydrogens is 180 g/mol. The highest BCUT2D eigenvalue weighted by Crippen LogP contribution is 2.21. The van der Waals surface area contributed by atoms with Crippen molar-refractivity contribution in [3.05, 3.63) is 24.6 Å². The summed E-state index contributed by atoms with van der Waals surface area (Å²) in [4.78, 5) is 4.18. The topological polar surface area (TPSA) is 58.3 Å². The van der Waals surface area contributed by atoms with Gasteiger partial charge >= 0.3 is 0 Å². The van der Waals surface area contributed by atoms with Crippen LogP contribution >= 0.6 is 0 Å². The van der Waals surface area contributed by atoms with Gasteiger partial charge in [0.25, 0.3) is 0 Å². The van der Waals surface area contributed by atoms with Crippen LogP contribution in [-0.4, -0.2) is 22.7 Å². The van der Waals surface area contributed by atoms with E-state index < -0.39 is 0 Å². The van der Waals surface area contributed by atoms with Crippen LogP contribution in [-0.2, 0) is 0 Å². The predicted octanol–water partition coefficient (Wildman–Crippen LogP) is 1.62. The van der Waals surface area contributed by atoms with E-state index in [4.69, 9.17) is 9.52 Å². The molecule has 0 saturated carbocycles. The van der Waals surface area contributed by atoms with Gasteiger partial charge in [0, 0.05) is 12.2 Å². The molecule has 1 unspecified atom stereocenters. The van der Waals surface area contributed by atoms with Crippen molar-refractivity contribution >= 4 is 16.8 Å². The molecule has 4 heteroatoms. The van der Waals surface area contributed by atoms with E-state index in [2.05, 4.69) is 10.3 Å². The second-order valence-electron chi connectivity index (χ2n) is 3.22. The van der Waals surface area contributed by atoms with Crippen molar-refractivity contribution < 1.29 is 9.52 Å². The zero-order valence-corrected chi connectivity index (χ0v) is 7.90. The molecule has 0 amide bonds. The molecule has 2 N–H and O–H groups in total. The third kappa shape index (κ3) is 1.56. The second kappa shape index (κ2) is 3.67. The van der Waals surface area contributed by atoms with Crippen LogP contribution < -0.4 is 5.32 Å². The highest BCUT2D eigenvalue weighted by atomic mass is 16.3. The summed E-state index contributed by atoms with van der Waals surface area (Å²) in [5.41, 5.74) is 0.799. The van der Waals surface area contributed by atoms with Gasteiger partial charge in [0.2, 0.25) is 0 Å². The van der Waals surface area contributed by atoms with Crippen molar-refractivity contribution in [3.63, 3.8) is 0 Å². The fourth-order valence-corrected chi connectivity index (χ4v) is 1.29. The van der Waals surface area contributed by atoms with E-state index in [0.717, 1.165) is 16.8 Å². The van der Waals surface area contributed by atoms with Gasteiger partial charge in [-0.25, -0.2) is 4.98 Å². The molecule has 0 fully saturated rings. The molecule has 0 aliphatic heterocycles. The molecule has 0 aliphatic carbocycles. The zero-order chi connectivity index (χ0) is 9.97. The van der Waals surface area contributed by atoms with Gasteiger partial charge in [0.1, 0.15) is 11.4 Å². The molecule has 1 atom stereocenters. The first-order valence-corrected chi connectivity index (χ1v) is 4.51. The molecule has 0 radical (unpaired) electrons. The summed E-state index contributed by atoms with van der Waals surface area (Å²) in [6, 6.07) is 3.65. The van der Waals surface area contributed by atoms with Gasteiger partial charge in [-0.2, -0.15) is 0 Å². The molecule has 0 saturated heterocycles. The number of anilines is 1. The van der Waals surface area contributed by atoms with Crippen LogP contribution in [0.15, 0.2) is 29.0 Å². The van der Waals surface area contributed by atoms with Gasteiger partial charge in [-0.3, -0.25) is 0 Å². The second-order valence-corrected chi connectivity index (χ2v) is 3.22. The normalized spacial score (nSPS) is 13.0. The monoisotopic (exact) mass is 192 g/mol. The first kappa shape index (κ1) is 9.02. The summed E-state index contributed by atoms with van der Waals surface area (Å²) in [6.45, 7) is 1.97. The minimum Gasteiger partial charge on any atom is -0.464 e. The minimum absolute atomic E-state index is 0.0111. The zero-order valence-electron chi connectivity index (χ0n) is 7.90. The van der Waals surface area contributed by atoms with Crippen LogP contribution in [0.3, 0.4) is 0 Å². The molecule has 2 aromatic rings. The van der Waals surface area contributed by atoms with Crippen LogP contribution in [0.25, 0.3) is 11.0 Å². The van der Waals surface area contributed by atoms with Crippen molar-refractivity contribution in [2.75, 3.05) is 11.9 Å². The predicted molar refractivity (Wildman–Crippen MR) is 54.2 cm³/mol. The van der Waals surface area contributed by atoms with E-state index in [1.165, 1.54) is 0 Å². The first-order valence-electron chi connectivity index (χ1n) is 4.51. The number of pyridine rings is 1. The molecule has 14 heavy (non-hydrogen) atoms. The molecule has 2 aromatic heterocycles. The van der Waals surface area contributed by atoms with E-state index >= 15 is 0 Å². The Hall–Kier alpha value is -1.55. The van der Waals surface area contributed by atoms with Crippen molar-refractivity contribution in [3.8, 4) is 0 Å². The summed E-state index contributed by atoms with van der Waals surface area (Å²) in [5, 5.41) is 12.9. The first-order chi connectivity index (χ1) is 6.81. The largest absolute Gasteiger partial charge is 0.464 e. The van der Waals surface area contributed by atoms with E-state index in [1.54, 1.807) is 12.5 Å². The molecular formula is C10H12N2O2. The minimum atomic E-state index is -0.0111. The van der Waals surface area contributed by atoms with Crippen molar-refractivity contribution in [1.82, 2.24) is 4.98 Å². The molecule has 0 aliphatic rings. The number of aromatic nitrogens is 1. The van der Waals surface area contributed by atoms with Gasteiger partial charge in [0.15, 0.2) is 0 Å². The van der Waals surface area contributed by atoms with Gasteiger partial charge in [-0.05, 0) is 19.1 Å². The number of hydrogen-bond acceptors (Lipinski definition) is 4. The van der Waals surface area contributed by atoms with E-state index in [0.29, 0.717) is 0 Å². The van der Waals surface area contributed by atoms with E-state index in [9.17, 15) is 0 Å². The van der Waals surface area contributed by atoms with Gasteiger partial charge in [-0.15, -0.1) is 0 Å². The summed E-state index contributed by atoms with van der Waals surface area (Å²) < 4.78 is 5.23. The van der Waals surface area contributed by atoms with Gasteiger partial charge in [0.05, 0.1) is 18.3 Å². The molecule has 0 aromatic carbocycles. The SMILES string of the molecule is CC(CO)Nc1nccc2occc12. The maximum atomic E-state index is 8.91. The maximum Gasteiger partial charge on any atom is 0.139 e. The number of nitrogens with zero attached hydrogens (tertiary/aromatic N) is 1. The van der Waals surface area contributed by atoms with Crippen LogP contribution in [0, 0.1) is 0 Å². The highest BCUT2D eigenvalue weighted by molar-refractivity contribution is 5.87. The van der Waals surface area contributed by atoms with Crippen LogP contribution in [0.2, 0.25) is 0 Å². The van der Waals surface area contributed by atoms with Crippen molar-refractivity contribution in [2.24, 2.45) is 0 Å². The lowest BCUT2D eigenvalue weighted by molar-refractivity contribution is 0.281. The Balaban J connectivity index is 2.36. The molecule has 0 bridgehead atoms. The fraction of sp³-hybridized carbons (Fsp3) is 0.300. The third-order valence-electron chi connectivity index (χ3n) is 2.04. The Morgan fingerprint density at radius 2 is 2.43 bits per heavy atom. The lowest BCUT2D eigenvalue weighted by Crippen LogP contribution is -2.19. The van der Waals surface area contributed by atoms with Crippen molar-refractivity contribution in [1.29, 1.82) is 0 Å². The maximum absolute atomic E-state index is 8.91. The number of furan rings is 1. The van der Waals surface area contributed by atoms with E-state index in [1.807, 2.05) is 19.1 Å². The number of nitrogens with one attached hydrogen (secondary N) is 1. The van der Waals surface area contributed by atoms with Crippen LogP contribution in [0.1, 0.15) is 6.92 Å². The fourth-order valence-electron chi connectivity index (χ4n) is 1.29. The standard InChI is InChI=1S/C10H12N2O2/c1-7(6-13)12-10-8-3-5-14-9(8)2-4-11-10/h2-5,7,13H,6H2,1H3,(H,11,12). The Bertz CT molecular complexity index is 425. The number of hydrogen-bond donors (Lipinski definition) is 2. The average molecular weight is 192 g/mol. The molecule has 4 nitrogen and oxygen atoms in total. The number of fused-ring (bicyclic) bond motifs is 1. The Morgan fingerprint density at radius 3 is 3.21 bits per heavy atom. The smallest absolute Gasteiger partial charge is 0.139 e. The Morgan fingerprint density at radius 1 is 1.57 bits per heavy atom. The molecule has 74 valence electrons. The van der Waals surface area contributed by atoms with E-state index in [-0.39, 0.29) is 12.6 Å². The average Bonchev–Trinajstić information content (AvgIpc) is 2.66. The van der Waals surface area contributed by atoms with Crippen LogP contribution in [0.4, 0.5) is 5.82 Å². The summed E-state index contributed by atoms with van der Waals surface area (Å²) in [6.07, 6.45) is 3.30. The molecule has 2 rings (SSSR count). The summed E-state index contributed by atoms with van der Waals surface area (Å²) in [7, 11) is 0. The van der Waals surface area contributed by atoms with Gasteiger partial charge < -0.3 is 14.8 Å². The number of aliphatic hydroxyl groups is 1. The lowest BCUT2D eigenvalue weighted by Gasteiger charge is -2.11. The highest BCUT2D eigenvalue weighted by Gasteiger charge is 2.06. The molecule has 0 spiro atoms. The van der Waals surface area contributed by atoms with Crippen molar-refractivity contribution in [2.45, 2.75) is 13.0 Å². The Labute approximate surface area is 81.6 Å². The Kier molecular flexibility index (Phi) is 2.37. The van der Waals surface area contributed by atoms with Gasteiger partial charge in [-0.1, -0.05) is 0 Å². The quantitative estimate of drug-likeness (QED) is 0.775.